The average Bonchev–Trinajstić information content (AvgIpc) is 3.40. The topological polar surface area (TPSA) is 79.7 Å². The summed E-state index contributed by atoms with van der Waals surface area (Å²) in [5.74, 6) is -1.09. The van der Waals surface area contributed by atoms with E-state index in [1.54, 1.807) is 42.5 Å². The largest absolute Gasteiger partial charge is 0.507 e. The molecule has 36 heavy (non-hydrogen) atoms. The minimum Gasteiger partial charge on any atom is -0.507 e. The summed E-state index contributed by atoms with van der Waals surface area (Å²) in [7, 11) is 0. The van der Waals surface area contributed by atoms with E-state index in [0.717, 1.165) is 14.7 Å². The molecule has 1 N–H and O–H groups in total. The zero-order valence-electron chi connectivity index (χ0n) is 19.1. The molecule has 3 aromatic carbocycles. The Hall–Kier alpha value is -2.95. The number of aliphatic hydroxyl groups excluding tert-OH is 1. The predicted octanol–water partition coefficient (Wildman–Crippen LogP) is 6.97. The van der Waals surface area contributed by atoms with Crippen molar-refractivity contribution < 1.29 is 19.4 Å². The van der Waals surface area contributed by atoms with E-state index in [4.69, 9.17) is 16.3 Å². The van der Waals surface area contributed by atoms with Gasteiger partial charge in [-0.05, 0) is 89.2 Å². The van der Waals surface area contributed by atoms with Crippen molar-refractivity contribution in [2.45, 2.75) is 19.4 Å². The van der Waals surface area contributed by atoms with E-state index in [1.807, 2.05) is 31.2 Å². The van der Waals surface area contributed by atoms with Crippen molar-refractivity contribution in [1.29, 1.82) is 0 Å². The second-order valence-electron chi connectivity index (χ2n) is 8.20. The molecular formula is C27H20ClIN2O4S. The molecule has 6 nitrogen and oxygen atoms in total. The summed E-state index contributed by atoms with van der Waals surface area (Å²) < 4.78 is 7.42. The number of rotatable bonds is 6. The first-order valence-corrected chi connectivity index (χ1v) is 13.5. The lowest BCUT2D eigenvalue weighted by Gasteiger charge is -2.23. The highest BCUT2D eigenvalue weighted by molar-refractivity contribution is 14.1. The maximum Gasteiger partial charge on any atom is 0.301 e. The van der Waals surface area contributed by atoms with Gasteiger partial charge in [0.05, 0.1) is 28.4 Å². The number of nitrogens with zero attached hydrogens (tertiary/aromatic N) is 2. The standard InChI is InChI=1S/C27H20ClIN2O4S/c1-2-13-35-19-10-5-16(6-11-19)24(32)22-23(15-3-8-18(29)9-4-15)31(26(34)25(22)33)27-30-20-12-7-17(28)14-21(20)36-27/h3-12,14,23,32H,2,13H2,1H3/b24-22+. The fraction of sp³-hybridized carbons (Fsp3) is 0.148. The third-order valence-corrected chi connectivity index (χ3v) is 7.75. The second-order valence-corrected chi connectivity index (χ2v) is 10.9. The Morgan fingerprint density at radius 1 is 1.11 bits per heavy atom. The summed E-state index contributed by atoms with van der Waals surface area (Å²) in [6.07, 6.45) is 0.874. The van der Waals surface area contributed by atoms with Gasteiger partial charge in [-0.3, -0.25) is 14.5 Å². The molecule has 1 amide bonds. The number of carbonyl (C=O) groups excluding carboxylic acids is 2. The van der Waals surface area contributed by atoms with E-state index in [1.165, 1.54) is 16.2 Å². The Labute approximate surface area is 230 Å². The van der Waals surface area contributed by atoms with Gasteiger partial charge in [0.15, 0.2) is 5.13 Å². The minimum atomic E-state index is -0.839. The smallest absolute Gasteiger partial charge is 0.301 e. The Morgan fingerprint density at radius 2 is 1.83 bits per heavy atom. The van der Waals surface area contributed by atoms with Crippen LogP contribution in [-0.4, -0.2) is 28.4 Å². The highest BCUT2D eigenvalue weighted by Gasteiger charge is 2.48. The molecule has 1 aliphatic heterocycles. The number of benzene rings is 3. The molecule has 0 saturated carbocycles. The molecule has 1 aromatic heterocycles. The lowest BCUT2D eigenvalue weighted by atomic mass is 9.95. The maximum absolute atomic E-state index is 13.4. The van der Waals surface area contributed by atoms with Gasteiger partial charge in [0.2, 0.25) is 0 Å². The number of ether oxygens (including phenoxy) is 1. The van der Waals surface area contributed by atoms with Gasteiger partial charge < -0.3 is 9.84 Å². The van der Waals surface area contributed by atoms with Crippen molar-refractivity contribution in [3.8, 4) is 5.75 Å². The van der Waals surface area contributed by atoms with Crippen LogP contribution in [0.1, 0.15) is 30.5 Å². The van der Waals surface area contributed by atoms with E-state index >= 15 is 0 Å². The van der Waals surface area contributed by atoms with E-state index in [2.05, 4.69) is 27.6 Å². The molecule has 0 aliphatic carbocycles. The number of fused-ring (bicyclic) bond motifs is 1. The van der Waals surface area contributed by atoms with Crippen molar-refractivity contribution in [3.05, 3.63) is 92.0 Å². The number of halogens is 2. The van der Waals surface area contributed by atoms with Gasteiger partial charge in [0.25, 0.3) is 5.78 Å². The van der Waals surface area contributed by atoms with Gasteiger partial charge in [0, 0.05) is 14.2 Å². The fourth-order valence-corrected chi connectivity index (χ4v) is 5.69. The van der Waals surface area contributed by atoms with Gasteiger partial charge in [-0.25, -0.2) is 4.98 Å². The lowest BCUT2D eigenvalue weighted by Crippen LogP contribution is -2.29. The maximum atomic E-state index is 13.4. The molecule has 9 heteroatoms. The molecule has 0 spiro atoms. The number of anilines is 1. The number of hydrogen-bond donors (Lipinski definition) is 1. The van der Waals surface area contributed by atoms with Crippen molar-refractivity contribution in [1.82, 2.24) is 4.98 Å². The van der Waals surface area contributed by atoms with Gasteiger partial charge in [-0.15, -0.1) is 0 Å². The molecule has 1 atom stereocenters. The lowest BCUT2D eigenvalue weighted by molar-refractivity contribution is -0.132. The Kier molecular flexibility index (Phi) is 7.00. The monoisotopic (exact) mass is 630 g/mol. The number of hydrogen-bond acceptors (Lipinski definition) is 6. The van der Waals surface area contributed by atoms with Gasteiger partial charge in [0.1, 0.15) is 11.5 Å². The van der Waals surface area contributed by atoms with Crippen LogP contribution in [0.3, 0.4) is 0 Å². The quantitative estimate of drug-likeness (QED) is 0.108. The van der Waals surface area contributed by atoms with Crippen LogP contribution in [0.4, 0.5) is 5.13 Å². The number of ketones is 1. The summed E-state index contributed by atoms with van der Waals surface area (Å²) in [5, 5.41) is 12.2. The van der Waals surface area contributed by atoms with Crippen molar-refractivity contribution >= 4 is 78.3 Å². The molecule has 1 saturated heterocycles. The number of thiazole rings is 1. The highest BCUT2D eigenvalue weighted by Crippen LogP contribution is 2.44. The van der Waals surface area contributed by atoms with Crippen molar-refractivity contribution in [3.63, 3.8) is 0 Å². The van der Waals surface area contributed by atoms with Crippen molar-refractivity contribution in [2.75, 3.05) is 11.5 Å². The first-order chi connectivity index (χ1) is 17.4. The third kappa shape index (κ3) is 4.60. The highest BCUT2D eigenvalue weighted by atomic mass is 127. The number of amides is 1. The summed E-state index contributed by atoms with van der Waals surface area (Å²) >= 11 is 9.61. The average molecular weight is 631 g/mol. The van der Waals surface area contributed by atoms with Crippen LogP contribution in [0, 0.1) is 3.57 Å². The second kappa shape index (κ2) is 10.2. The number of carbonyl (C=O) groups is 2. The first kappa shape index (κ1) is 24.7. The SMILES string of the molecule is CCCOc1ccc(/C(O)=C2\C(=O)C(=O)N(c3nc4ccc(Cl)cc4s3)C2c2ccc(I)cc2)cc1. The van der Waals surface area contributed by atoms with Crippen LogP contribution in [0.15, 0.2) is 72.3 Å². The zero-order chi connectivity index (χ0) is 25.4. The Morgan fingerprint density at radius 3 is 2.53 bits per heavy atom. The summed E-state index contributed by atoms with van der Waals surface area (Å²) in [5.41, 5.74) is 1.80. The number of aliphatic hydroxyl groups is 1. The van der Waals surface area contributed by atoms with Crippen LogP contribution in [-0.2, 0) is 9.59 Å². The van der Waals surface area contributed by atoms with Crippen LogP contribution in [0.2, 0.25) is 5.02 Å². The molecule has 1 unspecified atom stereocenters. The van der Waals surface area contributed by atoms with E-state index in [-0.39, 0.29) is 11.3 Å². The Bertz CT molecular complexity index is 1500. The number of Topliss-reactive ketones (excluding diaryl/α,β-unsaturated/α-hetero) is 1. The van der Waals surface area contributed by atoms with Crippen LogP contribution < -0.4 is 9.64 Å². The summed E-state index contributed by atoms with van der Waals surface area (Å²) in [4.78, 5) is 32.7. The molecule has 1 fully saturated rings. The minimum absolute atomic E-state index is 0.0146. The van der Waals surface area contributed by atoms with Gasteiger partial charge in [-0.1, -0.05) is 42.0 Å². The van der Waals surface area contributed by atoms with Crippen LogP contribution >= 0.6 is 45.5 Å². The third-order valence-electron chi connectivity index (χ3n) is 5.78. The van der Waals surface area contributed by atoms with Crippen LogP contribution in [0.25, 0.3) is 16.0 Å². The predicted molar refractivity (Wildman–Crippen MR) is 151 cm³/mol. The number of aromatic nitrogens is 1. The molecule has 1 aliphatic rings. The Balaban J connectivity index is 1.65. The molecule has 0 bridgehead atoms. The zero-order valence-corrected chi connectivity index (χ0v) is 22.8. The van der Waals surface area contributed by atoms with Gasteiger partial charge in [-0.2, -0.15) is 0 Å². The van der Waals surface area contributed by atoms with E-state index in [9.17, 15) is 14.7 Å². The molecule has 182 valence electrons. The van der Waals surface area contributed by atoms with Crippen LogP contribution in [0.5, 0.6) is 5.75 Å². The van der Waals surface area contributed by atoms with E-state index in [0.29, 0.717) is 39.2 Å². The first-order valence-electron chi connectivity index (χ1n) is 11.2. The molecule has 5 rings (SSSR count). The normalized spacial score (nSPS) is 17.2. The molecule has 2 heterocycles. The van der Waals surface area contributed by atoms with Gasteiger partial charge >= 0.3 is 5.91 Å². The molecule has 4 aromatic rings. The molecular weight excluding hydrogens is 611 g/mol. The molecule has 0 radical (unpaired) electrons. The van der Waals surface area contributed by atoms with E-state index < -0.39 is 17.7 Å². The summed E-state index contributed by atoms with van der Waals surface area (Å²) in [6.45, 7) is 2.60. The summed E-state index contributed by atoms with van der Waals surface area (Å²) in [6, 6.07) is 18.8. The van der Waals surface area contributed by atoms with Crippen molar-refractivity contribution in [2.24, 2.45) is 0 Å². The fourth-order valence-electron chi connectivity index (χ4n) is 4.06.